The van der Waals surface area contributed by atoms with Crippen molar-refractivity contribution in [1.29, 1.82) is 5.26 Å². The Morgan fingerprint density at radius 3 is 2.70 bits per heavy atom. The molecule has 0 saturated heterocycles. The van der Waals surface area contributed by atoms with E-state index in [-0.39, 0.29) is 11.3 Å². The molecule has 10 heteroatoms. The molecule has 2 aromatic heterocycles. The first kappa shape index (κ1) is 28.8. The van der Waals surface area contributed by atoms with Gasteiger partial charge in [-0.1, -0.05) is 44.9 Å². The molecule has 1 amide bonds. The number of carbonyl (C=O) groups is 1. The first-order chi connectivity index (χ1) is 21.1. The number of benzene rings is 2. The number of carbonyl (C=O) groups excluding carboxylic acids is 1. The van der Waals surface area contributed by atoms with E-state index in [0.717, 1.165) is 39.5 Å². The van der Waals surface area contributed by atoms with Gasteiger partial charge in [-0.2, -0.15) is 5.26 Å². The van der Waals surface area contributed by atoms with Gasteiger partial charge in [-0.05, 0) is 53.8 Å². The van der Waals surface area contributed by atoms with Gasteiger partial charge in [-0.15, -0.1) is 12.0 Å². The fraction of sp³-hybridized carbons (Fsp3) is 0.294. The fourth-order valence-electron chi connectivity index (χ4n) is 5.84. The van der Waals surface area contributed by atoms with Gasteiger partial charge in [0.25, 0.3) is 0 Å². The fourth-order valence-corrected chi connectivity index (χ4v) is 5.84. The third kappa shape index (κ3) is 5.10. The first-order valence-corrected chi connectivity index (χ1v) is 14.6. The van der Waals surface area contributed by atoms with Gasteiger partial charge < -0.3 is 21.8 Å². The van der Waals surface area contributed by atoms with Gasteiger partial charge in [0.2, 0.25) is 5.91 Å². The van der Waals surface area contributed by atoms with E-state index in [2.05, 4.69) is 70.4 Å². The molecule has 4 aromatic rings. The number of pyridine rings is 2. The zero-order valence-corrected chi connectivity index (χ0v) is 25.0. The number of nitriles is 1. The summed E-state index contributed by atoms with van der Waals surface area (Å²) in [6.45, 7) is 7.10. The molecule has 0 unspecified atom stereocenters. The maximum Gasteiger partial charge on any atom is 0.244 e. The Hall–Kier alpha value is -5.32. The van der Waals surface area contributed by atoms with Crippen LogP contribution in [0.15, 0.2) is 66.9 Å². The van der Waals surface area contributed by atoms with Crippen LogP contribution >= 0.6 is 0 Å². The highest BCUT2D eigenvalue weighted by atomic mass is 16.2. The van der Waals surface area contributed by atoms with Gasteiger partial charge >= 0.3 is 0 Å². The minimum atomic E-state index is -0.788. The monoisotopic (exact) mass is 585 g/mol. The molecule has 0 spiro atoms. The molecule has 1 saturated carbocycles. The molecule has 0 bridgehead atoms. The second-order valence-electron chi connectivity index (χ2n) is 12.6. The highest BCUT2D eigenvalue weighted by Gasteiger charge is 2.49. The number of fused-ring (bicyclic) bond motifs is 2. The van der Waals surface area contributed by atoms with Crippen LogP contribution in [0, 0.1) is 29.1 Å². The second kappa shape index (κ2) is 11.1. The molecule has 44 heavy (non-hydrogen) atoms. The molecular weight excluding hydrogens is 550 g/mol. The van der Waals surface area contributed by atoms with Crippen LogP contribution in [0.25, 0.3) is 21.7 Å². The summed E-state index contributed by atoms with van der Waals surface area (Å²) in [4.78, 5) is 21.4. The summed E-state index contributed by atoms with van der Waals surface area (Å²) in [5.41, 5.74) is 16.4. The number of hydrazine groups is 2. The Kier molecular flexibility index (Phi) is 7.24. The average molecular weight is 586 g/mol. The molecule has 1 aliphatic heterocycles. The molecular formula is C34H35N9O. The summed E-state index contributed by atoms with van der Waals surface area (Å²) in [7, 11) is 0. The van der Waals surface area contributed by atoms with Gasteiger partial charge in [0, 0.05) is 47.8 Å². The zero-order valence-electron chi connectivity index (χ0n) is 25.0. The van der Waals surface area contributed by atoms with Crippen LogP contribution in [-0.2, 0) is 4.79 Å². The molecule has 6 rings (SSSR count). The third-order valence-electron chi connectivity index (χ3n) is 8.38. The quantitative estimate of drug-likeness (QED) is 0.184. The van der Waals surface area contributed by atoms with E-state index in [9.17, 15) is 10.1 Å². The van der Waals surface area contributed by atoms with Crippen LogP contribution in [-0.4, -0.2) is 33.0 Å². The summed E-state index contributed by atoms with van der Waals surface area (Å²) in [6.07, 6.45) is 15.3. The molecule has 222 valence electrons. The van der Waals surface area contributed by atoms with Crippen molar-refractivity contribution in [3.63, 3.8) is 0 Å². The lowest BCUT2D eigenvalue weighted by Gasteiger charge is -2.44. The molecule has 2 aliphatic rings. The zero-order chi connectivity index (χ0) is 31.1. The van der Waals surface area contributed by atoms with E-state index in [1.165, 1.54) is 0 Å². The van der Waals surface area contributed by atoms with Gasteiger partial charge in [0.05, 0.1) is 34.1 Å². The number of hydrogen-bond acceptors (Lipinski definition) is 9. The van der Waals surface area contributed by atoms with Crippen molar-refractivity contribution in [2.45, 2.75) is 51.6 Å². The first-order valence-electron chi connectivity index (χ1n) is 14.6. The molecule has 10 nitrogen and oxygen atoms in total. The number of rotatable bonds is 8. The van der Waals surface area contributed by atoms with E-state index in [4.69, 9.17) is 12.2 Å². The van der Waals surface area contributed by atoms with Crippen molar-refractivity contribution < 1.29 is 4.79 Å². The van der Waals surface area contributed by atoms with E-state index >= 15 is 0 Å². The molecule has 1 aliphatic carbocycles. The standard InChI is InChI=1S/C34H35N9O/c1-5-21-18-38-30-23(16-35)14-24(15-27(30)29(21)39-20-33(2,3)4)40-31(26-9-6-8-22-17-37-13-10-25(22)26)28-19-43(42-41-28)34(32(36)44)11-7-12-34/h1,6,8-10,13-15,17-19,31,40-42H,7,11-12,20H2,2-4H3,(H2,36,44)(H,38,39)/t31-/m0/s1. The number of nitrogens with one attached hydrogen (secondary N) is 4. The smallest absolute Gasteiger partial charge is 0.244 e. The van der Waals surface area contributed by atoms with E-state index in [1.54, 1.807) is 23.5 Å². The van der Waals surface area contributed by atoms with Gasteiger partial charge in [0.15, 0.2) is 0 Å². The van der Waals surface area contributed by atoms with Crippen LogP contribution < -0.4 is 27.3 Å². The summed E-state index contributed by atoms with van der Waals surface area (Å²) in [5, 5.41) is 21.9. The topological polar surface area (TPSA) is 144 Å². The van der Waals surface area contributed by atoms with Crippen LogP contribution in [0.4, 0.5) is 11.4 Å². The average Bonchev–Trinajstić information content (AvgIpc) is 3.46. The lowest BCUT2D eigenvalue weighted by atomic mass is 9.75. The van der Waals surface area contributed by atoms with Crippen molar-refractivity contribution in [2.75, 3.05) is 17.2 Å². The number of aromatic nitrogens is 2. The number of hydrogen-bond donors (Lipinski definition) is 5. The summed E-state index contributed by atoms with van der Waals surface area (Å²) >= 11 is 0. The van der Waals surface area contributed by atoms with E-state index in [1.807, 2.05) is 36.7 Å². The Labute approximate surface area is 256 Å². The normalized spacial score (nSPS) is 16.3. The Morgan fingerprint density at radius 2 is 2.02 bits per heavy atom. The maximum absolute atomic E-state index is 12.5. The number of terminal acetylenes is 1. The van der Waals surface area contributed by atoms with Crippen molar-refractivity contribution in [2.24, 2.45) is 11.1 Å². The number of nitrogens with zero attached hydrogens (tertiary/aromatic N) is 4. The Bertz CT molecular complexity index is 1880. The van der Waals surface area contributed by atoms with Crippen LogP contribution in [0.3, 0.4) is 0 Å². The molecule has 1 fully saturated rings. The van der Waals surface area contributed by atoms with Crippen molar-refractivity contribution in [3.05, 3.63) is 83.6 Å². The number of nitrogens with two attached hydrogens (primary N) is 1. The Morgan fingerprint density at radius 1 is 1.20 bits per heavy atom. The van der Waals surface area contributed by atoms with Crippen LogP contribution in [0.2, 0.25) is 0 Å². The molecule has 3 heterocycles. The molecule has 2 aromatic carbocycles. The van der Waals surface area contributed by atoms with Crippen LogP contribution in [0.1, 0.15) is 62.8 Å². The van der Waals surface area contributed by atoms with Gasteiger partial charge in [0.1, 0.15) is 11.6 Å². The minimum Gasteiger partial charge on any atom is -0.383 e. The SMILES string of the molecule is C#Cc1cnc2c(C#N)cc(N[C@H](C3=CN(C4(C(N)=O)CCC4)NN3)c3cccc4cnccc34)cc2c1NCC(C)(C)C. The predicted molar refractivity (Wildman–Crippen MR) is 172 cm³/mol. The summed E-state index contributed by atoms with van der Waals surface area (Å²) < 4.78 is 0. The lowest BCUT2D eigenvalue weighted by molar-refractivity contribution is -0.136. The van der Waals surface area contributed by atoms with E-state index in [0.29, 0.717) is 41.7 Å². The molecule has 1 atom stereocenters. The van der Waals surface area contributed by atoms with Crippen LogP contribution in [0.5, 0.6) is 0 Å². The van der Waals surface area contributed by atoms with Crippen molar-refractivity contribution >= 4 is 39.0 Å². The lowest BCUT2D eigenvalue weighted by Crippen LogP contribution is -2.63. The molecule has 0 radical (unpaired) electrons. The van der Waals surface area contributed by atoms with Gasteiger partial charge in [-0.25, -0.2) is 0 Å². The number of primary amides is 1. The maximum atomic E-state index is 12.5. The predicted octanol–water partition coefficient (Wildman–Crippen LogP) is 4.82. The number of amides is 1. The van der Waals surface area contributed by atoms with E-state index < -0.39 is 11.6 Å². The van der Waals surface area contributed by atoms with Crippen molar-refractivity contribution in [3.8, 4) is 18.4 Å². The second-order valence-corrected chi connectivity index (χ2v) is 12.6. The number of anilines is 2. The van der Waals surface area contributed by atoms with Gasteiger partial charge in [-0.3, -0.25) is 19.8 Å². The highest BCUT2D eigenvalue weighted by molar-refractivity contribution is 5.99. The van der Waals surface area contributed by atoms with Crippen molar-refractivity contribution in [1.82, 2.24) is 25.9 Å². The summed E-state index contributed by atoms with van der Waals surface area (Å²) in [6, 6.07) is 13.7. The highest BCUT2D eigenvalue weighted by Crippen LogP contribution is 2.40. The third-order valence-corrected chi connectivity index (χ3v) is 8.38. The molecule has 6 N–H and O–H groups in total. The largest absolute Gasteiger partial charge is 0.383 e. The Balaban J connectivity index is 1.49. The minimum absolute atomic E-state index is 0.00803. The summed E-state index contributed by atoms with van der Waals surface area (Å²) in [5.74, 6) is 2.38.